The van der Waals surface area contributed by atoms with Gasteiger partial charge in [0.25, 0.3) is 5.56 Å². The Labute approximate surface area is 192 Å². The number of fused-ring (bicyclic) bond motifs is 1. The summed E-state index contributed by atoms with van der Waals surface area (Å²) < 4.78 is 29.2. The predicted molar refractivity (Wildman–Crippen MR) is 126 cm³/mol. The van der Waals surface area contributed by atoms with Gasteiger partial charge in [0, 0.05) is 27.2 Å². The normalized spacial score (nSPS) is 15.2. The van der Waals surface area contributed by atoms with Crippen LogP contribution in [0.25, 0.3) is 22.4 Å². The topological polar surface area (TPSA) is 124 Å². The van der Waals surface area contributed by atoms with E-state index >= 15 is 0 Å². The molecule has 0 radical (unpaired) electrons. The molecule has 1 fully saturated rings. The first-order valence-corrected chi connectivity index (χ1v) is 12.6. The Morgan fingerprint density at radius 1 is 1.24 bits per heavy atom. The van der Waals surface area contributed by atoms with Gasteiger partial charge in [-0.3, -0.25) is 9.48 Å². The van der Waals surface area contributed by atoms with E-state index < -0.39 is 15.6 Å². The van der Waals surface area contributed by atoms with Crippen LogP contribution in [0.1, 0.15) is 31.9 Å². The Morgan fingerprint density at radius 2 is 1.97 bits per heavy atom. The first kappa shape index (κ1) is 23.4. The minimum Gasteiger partial charge on any atom is -0.507 e. The zero-order valence-electron chi connectivity index (χ0n) is 19.2. The fraction of sp³-hybridized carbons (Fsp3) is 0.500. The molecule has 2 N–H and O–H groups in total. The van der Waals surface area contributed by atoms with Crippen molar-refractivity contribution >= 4 is 21.1 Å². The van der Waals surface area contributed by atoms with Gasteiger partial charge in [-0.1, -0.05) is 13.3 Å². The molecule has 0 spiro atoms. The van der Waals surface area contributed by atoms with Crippen molar-refractivity contribution in [2.45, 2.75) is 37.5 Å². The number of likely N-dealkylation sites (N-methyl/N-ethyl adjacent to an activating group) is 1. The van der Waals surface area contributed by atoms with Crippen LogP contribution in [0, 0.1) is 0 Å². The van der Waals surface area contributed by atoms with Crippen LogP contribution in [-0.2, 0) is 23.5 Å². The number of hydrogen-bond donors (Lipinski definition) is 2. The number of benzene rings is 1. The van der Waals surface area contributed by atoms with Gasteiger partial charge in [0.15, 0.2) is 5.52 Å². The van der Waals surface area contributed by atoms with E-state index in [1.165, 1.54) is 27.2 Å². The molecule has 33 heavy (non-hydrogen) atoms. The highest BCUT2D eigenvalue weighted by Crippen LogP contribution is 2.30. The summed E-state index contributed by atoms with van der Waals surface area (Å²) in [5.74, 6) is -0.0655. The average molecular weight is 475 g/mol. The van der Waals surface area contributed by atoms with Crippen molar-refractivity contribution < 1.29 is 13.5 Å². The Bertz CT molecular complexity index is 1320. The number of phenols is 1. The minimum atomic E-state index is -3.78. The van der Waals surface area contributed by atoms with Gasteiger partial charge in [-0.25, -0.2) is 13.4 Å². The van der Waals surface area contributed by atoms with Gasteiger partial charge in [-0.05, 0) is 50.6 Å². The fourth-order valence-corrected chi connectivity index (χ4v) is 5.42. The molecule has 0 atom stereocenters. The molecule has 0 aliphatic carbocycles. The van der Waals surface area contributed by atoms with Gasteiger partial charge in [0.2, 0.25) is 10.0 Å². The van der Waals surface area contributed by atoms with Crippen molar-refractivity contribution in [1.29, 1.82) is 0 Å². The Balaban J connectivity index is 1.70. The van der Waals surface area contributed by atoms with Crippen LogP contribution < -0.4 is 5.56 Å². The fourth-order valence-electron chi connectivity index (χ4n) is 4.23. The predicted octanol–water partition coefficient (Wildman–Crippen LogP) is 1.70. The lowest BCUT2D eigenvalue weighted by Crippen LogP contribution is -2.35. The van der Waals surface area contributed by atoms with E-state index in [4.69, 9.17) is 0 Å². The third-order valence-electron chi connectivity index (χ3n) is 6.11. The summed E-state index contributed by atoms with van der Waals surface area (Å²) in [5, 5.41) is 14.9. The van der Waals surface area contributed by atoms with Gasteiger partial charge in [0.1, 0.15) is 17.1 Å². The van der Waals surface area contributed by atoms with Crippen LogP contribution >= 0.6 is 0 Å². The van der Waals surface area contributed by atoms with Crippen LogP contribution in [0.2, 0.25) is 0 Å². The van der Waals surface area contributed by atoms with E-state index in [0.717, 1.165) is 32.4 Å². The molecule has 1 aliphatic rings. The van der Waals surface area contributed by atoms with Crippen molar-refractivity contribution in [3.63, 3.8) is 0 Å². The van der Waals surface area contributed by atoms with Crippen molar-refractivity contribution in [2.24, 2.45) is 7.05 Å². The summed E-state index contributed by atoms with van der Waals surface area (Å²) in [7, 11) is -0.550. The maximum Gasteiger partial charge on any atom is 0.277 e. The summed E-state index contributed by atoms with van der Waals surface area (Å²) in [4.78, 5) is 22.3. The third-order valence-corrected chi connectivity index (χ3v) is 7.96. The largest absolute Gasteiger partial charge is 0.507 e. The molecule has 4 rings (SSSR count). The summed E-state index contributed by atoms with van der Waals surface area (Å²) in [6.45, 7) is 5.04. The Hall–Kier alpha value is -2.76. The number of likely N-dealkylation sites (tertiary alicyclic amines) is 1. The van der Waals surface area contributed by atoms with E-state index in [-0.39, 0.29) is 22.0 Å². The van der Waals surface area contributed by atoms with E-state index in [1.807, 2.05) is 6.92 Å². The van der Waals surface area contributed by atoms with Crippen LogP contribution in [0.15, 0.2) is 27.9 Å². The van der Waals surface area contributed by atoms with E-state index in [0.29, 0.717) is 36.2 Å². The Kier molecular flexibility index (Phi) is 6.55. The highest BCUT2D eigenvalue weighted by Gasteiger charge is 2.24. The maximum atomic E-state index is 13.2. The van der Waals surface area contributed by atoms with Crippen LogP contribution in [0.5, 0.6) is 5.75 Å². The molecule has 0 amide bonds. The number of nitrogens with zero attached hydrogens (tertiary/aromatic N) is 5. The molecule has 2 aromatic heterocycles. The van der Waals surface area contributed by atoms with Gasteiger partial charge in [0.05, 0.1) is 16.2 Å². The number of H-pyrrole nitrogens is 1. The molecule has 1 aliphatic heterocycles. The monoisotopic (exact) mass is 474 g/mol. The second-order valence-corrected chi connectivity index (χ2v) is 10.5. The number of hydrogen-bond acceptors (Lipinski definition) is 7. The molecule has 178 valence electrons. The minimum absolute atomic E-state index is 0.0296. The highest BCUT2D eigenvalue weighted by atomic mass is 32.2. The number of aromatic nitrogens is 4. The zero-order chi connectivity index (χ0) is 23.8. The average Bonchev–Trinajstić information content (AvgIpc) is 3.40. The lowest BCUT2D eigenvalue weighted by molar-refractivity contribution is 0.310. The first-order chi connectivity index (χ1) is 15.7. The summed E-state index contributed by atoms with van der Waals surface area (Å²) >= 11 is 0. The van der Waals surface area contributed by atoms with E-state index in [9.17, 15) is 18.3 Å². The number of aryl methyl sites for hydroxylation is 2. The lowest BCUT2D eigenvalue weighted by Gasteiger charge is -2.21. The second-order valence-electron chi connectivity index (χ2n) is 8.49. The molecular weight excluding hydrogens is 444 g/mol. The quantitative estimate of drug-likeness (QED) is 0.509. The van der Waals surface area contributed by atoms with Crippen molar-refractivity contribution in [2.75, 3.05) is 33.2 Å². The van der Waals surface area contributed by atoms with Gasteiger partial charge in [-0.2, -0.15) is 9.40 Å². The summed E-state index contributed by atoms with van der Waals surface area (Å²) in [6, 6.07) is 4.04. The molecule has 1 aromatic carbocycles. The lowest BCUT2D eigenvalue weighted by atomic mass is 10.1. The number of aromatic amines is 1. The van der Waals surface area contributed by atoms with Crippen LogP contribution in [0.3, 0.4) is 0 Å². The smallest absolute Gasteiger partial charge is 0.277 e. The van der Waals surface area contributed by atoms with Crippen LogP contribution in [-0.4, -0.2) is 75.7 Å². The standard InChI is InChI=1S/C22H30N6O4S/c1-4-7-17-19-20(27(3)25-17)22(30)24-21(23-19)16-14-15(8-9-18(16)29)33(31,32)26(2)12-13-28-10-5-6-11-28/h8-9,14,29H,4-7,10-13H2,1-3H3,(H,23,24,30). The number of sulfonamides is 1. The maximum absolute atomic E-state index is 13.2. The van der Waals surface area contributed by atoms with Crippen LogP contribution in [0.4, 0.5) is 0 Å². The molecule has 3 heterocycles. The third kappa shape index (κ3) is 4.53. The van der Waals surface area contributed by atoms with Crippen molar-refractivity contribution in [3.8, 4) is 17.1 Å². The SMILES string of the molecule is CCCc1nn(C)c2c(=O)[nH]c(-c3cc(S(=O)(=O)N(C)CCN4CCCC4)ccc3O)nc12. The number of nitrogens with one attached hydrogen (secondary N) is 1. The number of phenolic OH excluding ortho intramolecular Hbond substituents is 1. The van der Waals surface area contributed by atoms with E-state index in [2.05, 4.69) is 20.0 Å². The molecule has 11 heteroatoms. The number of aromatic hydroxyl groups is 1. The Morgan fingerprint density at radius 3 is 2.67 bits per heavy atom. The molecule has 10 nitrogen and oxygen atoms in total. The van der Waals surface area contributed by atoms with Crippen molar-refractivity contribution in [3.05, 3.63) is 34.2 Å². The van der Waals surface area contributed by atoms with Gasteiger partial charge >= 0.3 is 0 Å². The first-order valence-electron chi connectivity index (χ1n) is 11.2. The molecule has 0 saturated carbocycles. The molecule has 3 aromatic rings. The molecular formula is C22H30N6O4S. The van der Waals surface area contributed by atoms with Crippen molar-refractivity contribution in [1.82, 2.24) is 29.0 Å². The summed E-state index contributed by atoms with van der Waals surface area (Å²) in [6.07, 6.45) is 3.77. The summed E-state index contributed by atoms with van der Waals surface area (Å²) in [5.41, 5.74) is 1.23. The molecule has 0 bridgehead atoms. The second kappa shape index (κ2) is 9.24. The van der Waals surface area contributed by atoms with Gasteiger partial charge < -0.3 is 15.0 Å². The zero-order valence-corrected chi connectivity index (χ0v) is 20.0. The van der Waals surface area contributed by atoms with Gasteiger partial charge in [-0.15, -0.1) is 0 Å². The number of rotatable bonds is 8. The molecule has 1 saturated heterocycles. The highest BCUT2D eigenvalue weighted by molar-refractivity contribution is 7.89. The molecule has 0 unspecified atom stereocenters. The van der Waals surface area contributed by atoms with E-state index in [1.54, 1.807) is 14.1 Å².